The number of aromatic nitrogens is 1. The molecular formula is C21H21NO5. The molecule has 2 aromatic heterocycles. The topological polar surface area (TPSA) is 81.5 Å². The third-order valence-corrected chi connectivity index (χ3v) is 4.93. The van der Waals surface area contributed by atoms with Gasteiger partial charge in [0.1, 0.15) is 24.1 Å². The average molecular weight is 367 g/mol. The van der Waals surface area contributed by atoms with Crippen molar-refractivity contribution in [2.24, 2.45) is 0 Å². The van der Waals surface area contributed by atoms with Crippen LogP contribution in [0.5, 0.6) is 0 Å². The third kappa shape index (κ3) is 3.66. The lowest BCUT2D eigenvalue weighted by Gasteiger charge is -2.23. The first-order valence-electron chi connectivity index (χ1n) is 9.13. The summed E-state index contributed by atoms with van der Waals surface area (Å²) >= 11 is 0. The zero-order chi connectivity index (χ0) is 18.6. The summed E-state index contributed by atoms with van der Waals surface area (Å²) in [6.07, 6.45) is 5.48. The maximum atomic E-state index is 12.6. The molecule has 0 spiro atoms. The highest BCUT2D eigenvalue weighted by Gasteiger charge is 2.29. The van der Waals surface area contributed by atoms with Crippen molar-refractivity contribution in [1.29, 1.82) is 0 Å². The molecule has 6 nitrogen and oxygen atoms in total. The molecule has 0 radical (unpaired) electrons. The molecule has 1 aliphatic rings. The van der Waals surface area contributed by atoms with Gasteiger partial charge in [0, 0.05) is 47.5 Å². The molecule has 6 heteroatoms. The Balaban J connectivity index is 1.56. The van der Waals surface area contributed by atoms with Crippen LogP contribution in [0.15, 0.2) is 47.2 Å². The Morgan fingerprint density at radius 3 is 2.93 bits per heavy atom. The molecule has 1 saturated heterocycles. The van der Waals surface area contributed by atoms with Crippen molar-refractivity contribution < 1.29 is 23.5 Å². The molecule has 3 heterocycles. The number of aldehydes is 1. The highest BCUT2D eigenvalue weighted by atomic mass is 16.6. The molecule has 1 unspecified atom stereocenters. The lowest BCUT2D eigenvalue weighted by atomic mass is 10.0. The number of furan rings is 1. The number of esters is 1. The Kier molecular flexibility index (Phi) is 5.07. The molecule has 1 atom stereocenters. The van der Waals surface area contributed by atoms with E-state index in [4.69, 9.17) is 13.9 Å². The van der Waals surface area contributed by atoms with Crippen molar-refractivity contribution in [2.45, 2.75) is 31.3 Å². The minimum atomic E-state index is -0.732. The van der Waals surface area contributed by atoms with Crippen molar-refractivity contribution in [2.75, 3.05) is 13.2 Å². The van der Waals surface area contributed by atoms with Gasteiger partial charge < -0.3 is 23.7 Å². The zero-order valence-corrected chi connectivity index (χ0v) is 14.9. The van der Waals surface area contributed by atoms with Crippen LogP contribution in [0.4, 0.5) is 0 Å². The third-order valence-electron chi connectivity index (χ3n) is 4.93. The fourth-order valence-corrected chi connectivity index (χ4v) is 3.45. The van der Waals surface area contributed by atoms with Crippen LogP contribution in [0.25, 0.3) is 22.0 Å². The molecule has 1 fully saturated rings. The summed E-state index contributed by atoms with van der Waals surface area (Å²) in [5.74, 6) is -0.711. The number of para-hydroxylation sites is 1. The van der Waals surface area contributed by atoms with E-state index in [0.29, 0.717) is 31.8 Å². The highest BCUT2D eigenvalue weighted by molar-refractivity contribution is 5.95. The zero-order valence-electron chi connectivity index (χ0n) is 14.9. The van der Waals surface area contributed by atoms with E-state index in [1.165, 1.54) is 0 Å². The fourth-order valence-electron chi connectivity index (χ4n) is 3.45. The van der Waals surface area contributed by atoms with Crippen LogP contribution in [0.3, 0.4) is 0 Å². The van der Waals surface area contributed by atoms with E-state index in [-0.39, 0.29) is 12.5 Å². The van der Waals surface area contributed by atoms with Gasteiger partial charge in [0.05, 0.1) is 19.5 Å². The molecule has 1 aromatic carbocycles. The molecule has 140 valence electrons. The number of benzene rings is 1. The van der Waals surface area contributed by atoms with E-state index in [1.807, 2.05) is 36.5 Å². The minimum Gasteiger partial charge on any atom is -0.468 e. The standard InChI is InChI=1S/C21H21NO5/c23-8-5-17(21(24)27-15-6-9-25-10-7-15)20-11-14(13-26-20)18-12-22-19-4-2-1-3-16(18)19/h1-4,8,11-13,15,17,22H,5-7,9-10H2. The number of H-pyrrole nitrogens is 1. The molecule has 1 aliphatic heterocycles. The van der Waals surface area contributed by atoms with Crippen LogP contribution in [0.1, 0.15) is 30.9 Å². The SMILES string of the molecule is O=CCC(C(=O)OC1CCOCC1)c1cc(-c2c[nH]c3ccccc23)co1. The highest BCUT2D eigenvalue weighted by Crippen LogP contribution is 2.33. The van der Waals surface area contributed by atoms with Gasteiger partial charge in [-0.05, 0) is 12.1 Å². The molecule has 4 rings (SSSR count). The summed E-state index contributed by atoms with van der Waals surface area (Å²) < 4.78 is 16.5. The average Bonchev–Trinajstić information content (AvgIpc) is 3.33. The van der Waals surface area contributed by atoms with E-state index in [9.17, 15) is 9.59 Å². The smallest absolute Gasteiger partial charge is 0.317 e. The van der Waals surface area contributed by atoms with Crippen LogP contribution in [0.2, 0.25) is 0 Å². The molecule has 0 bridgehead atoms. The minimum absolute atomic E-state index is 0.0306. The van der Waals surface area contributed by atoms with Crippen LogP contribution in [-0.2, 0) is 19.1 Å². The summed E-state index contributed by atoms with van der Waals surface area (Å²) in [4.78, 5) is 27.0. The lowest BCUT2D eigenvalue weighted by Crippen LogP contribution is -2.28. The number of fused-ring (bicyclic) bond motifs is 1. The quantitative estimate of drug-likeness (QED) is 0.529. The van der Waals surface area contributed by atoms with Crippen molar-refractivity contribution in [3.05, 3.63) is 48.6 Å². The maximum Gasteiger partial charge on any atom is 0.317 e. The number of rotatable bonds is 6. The van der Waals surface area contributed by atoms with E-state index in [1.54, 1.807) is 6.26 Å². The number of carbonyl (C=O) groups excluding carboxylic acids is 2. The monoisotopic (exact) mass is 367 g/mol. The second kappa shape index (κ2) is 7.80. The lowest BCUT2D eigenvalue weighted by molar-refractivity contribution is -0.156. The van der Waals surface area contributed by atoms with Gasteiger partial charge in [-0.15, -0.1) is 0 Å². The van der Waals surface area contributed by atoms with E-state index < -0.39 is 11.9 Å². The second-order valence-corrected chi connectivity index (χ2v) is 6.69. The number of aromatic amines is 1. The fraction of sp³-hybridized carbons (Fsp3) is 0.333. The predicted octanol–water partition coefficient (Wildman–Crippen LogP) is 3.82. The van der Waals surface area contributed by atoms with Crippen LogP contribution < -0.4 is 0 Å². The molecule has 0 aliphatic carbocycles. The van der Waals surface area contributed by atoms with Crippen LogP contribution in [-0.4, -0.2) is 36.6 Å². The summed E-state index contributed by atoms with van der Waals surface area (Å²) in [6.45, 7) is 1.17. The van der Waals surface area contributed by atoms with Gasteiger partial charge in [-0.3, -0.25) is 4.79 Å². The van der Waals surface area contributed by atoms with Crippen molar-refractivity contribution in [3.63, 3.8) is 0 Å². The Hall–Kier alpha value is -2.86. The van der Waals surface area contributed by atoms with Crippen LogP contribution >= 0.6 is 0 Å². The van der Waals surface area contributed by atoms with Crippen molar-refractivity contribution in [3.8, 4) is 11.1 Å². The number of carbonyl (C=O) groups is 2. The number of ether oxygens (including phenoxy) is 2. The molecule has 0 saturated carbocycles. The summed E-state index contributed by atoms with van der Waals surface area (Å²) in [5, 5.41) is 1.07. The largest absolute Gasteiger partial charge is 0.468 e. The Morgan fingerprint density at radius 2 is 2.11 bits per heavy atom. The normalized spacial score (nSPS) is 16.3. The molecule has 27 heavy (non-hydrogen) atoms. The Labute approximate surface area is 156 Å². The molecular weight excluding hydrogens is 346 g/mol. The summed E-state index contributed by atoms with van der Waals surface area (Å²) in [7, 11) is 0. The Morgan fingerprint density at radius 1 is 1.30 bits per heavy atom. The van der Waals surface area contributed by atoms with E-state index in [2.05, 4.69) is 4.98 Å². The molecule has 0 amide bonds. The van der Waals surface area contributed by atoms with E-state index >= 15 is 0 Å². The summed E-state index contributed by atoms with van der Waals surface area (Å²) in [6, 6.07) is 9.78. The maximum absolute atomic E-state index is 12.6. The van der Waals surface area contributed by atoms with E-state index in [0.717, 1.165) is 28.3 Å². The number of hydrogen-bond donors (Lipinski definition) is 1. The van der Waals surface area contributed by atoms with Gasteiger partial charge in [-0.2, -0.15) is 0 Å². The van der Waals surface area contributed by atoms with Crippen molar-refractivity contribution >= 4 is 23.2 Å². The predicted molar refractivity (Wildman–Crippen MR) is 99.4 cm³/mol. The van der Waals surface area contributed by atoms with Gasteiger partial charge in [0.2, 0.25) is 0 Å². The molecule has 1 N–H and O–H groups in total. The van der Waals surface area contributed by atoms with Crippen LogP contribution in [0, 0.1) is 0 Å². The second-order valence-electron chi connectivity index (χ2n) is 6.69. The summed E-state index contributed by atoms with van der Waals surface area (Å²) in [5.41, 5.74) is 2.87. The first kappa shape index (κ1) is 17.5. The first-order valence-corrected chi connectivity index (χ1v) is 9.13. The number of hydrogen-bond acceptors (Lipinski definition) is 5. The first-order chi connectivity index (χ1) is 13.3. The molecule has 3 aromatic rings. The van der Waals surface area contributed by atoms with Gasteiger partial charge >= 0.3 is 5.97 Å². The van der Waals surface area contributed by atoms with Gasteiger partial charge in [0.15, 0.2) is 0 Å². The van der Waals surface area contributed by atoms with Gasteiger partial charge in [0.25, 0.3) is 0 Å². The van der Waals surface area contributed by atoms with Gasteiger partial charge in [-0.1, -0.05) is 18.2 Å². The number of nitrogens with one attached hydrogen (secondary N) is 1. The van der Waals surface area contributed by atoms with Crippen molar-refractivity contribution in [1.82, 2.24) is 4.98 Å². The Bertz CT molecular complexity index is 935. The van der Waals surface area contributed by atoms with Gasteiger partial charge in [-0.25, -0.2) is 0 Å².